The molecule has 0 saturated carbocycles. The van der Waals surface area contributed by atoms with E-state index in [4.69, 9.17) is 21.7 Å². The molecule has 224 valence electrons. The van der Waals surface area contributed by atoms with Crippen LogP contribution in [-0.4, -0.2) is 9.97 Å². The summed E-state index contributed by atoms with van der Waals surface area (Å²) in [6.45, 7) is 6.44. The van der Waals surface area contributed by atoms with Crippen LogP contribution < -0.4 is 4.74 Å². The number of rotatable bonds is 12. The summed E-state index contributed by atoms with van der Waals surface area (Å²) >= 11 is 5.22. The number of hydrogen-bond donors (Lipinski definition) is 1. The summed E-state index contributed by atoms with van der Waals surface area (Å²) in [7, 11) is 0. The van der Waals surface area contributed by atoms with Gasteiger partial charge in [-0.25, -0.2) is 9.37 Å². The van der Waals surface area contributed by atoms with Crippen LogP contribution in [0.25, 0.3) is 31.9 Å². The van der Waals surface area contributed by atoms with E-state index in [0.717, 1.165) is 51.8 Å². The number of benzene rings is 3. The lowest BCUT2D eigenvalue weighted by Crippen LogP contribution is -2.24. The first-order valence-corrected chi connectivity index (χ1v) is 16.1. The third-order valence-electron chi connectivity index (χ3n) is 8.11. The fourth-order valence-corrected chi connectivity index (χ4v) is 6.78. The minimum absolute atomic E-state index is 0.0386. The molecule has 0 spiro atoms. The van der Waals surface area contributed by atoms with E-state index >= 15 is 4.39 Å². The summed E-state index contributed by atoms with van der Waals surface area (Å²) in [5.41, 5.74) is 12.6. The molecule has 0 saturated heterocycles. The zero-order chi connectivity index (χ0) is 31.3. The van der Waals surface area contributed by atoms with Gasteiger partial charge in [0.15, 0.2) is 11.6 Å². The maximum absolute atomic E-state index is 15.2. The molecule has 2 heterocycles. The maximum Gasteiger partial charge on any atom is 0.168 e. The molecular weight excluding hydrogens is 637 g/mol. The van der Waals surface area contributed by atoms with Crippen LogP contribution in [-0.2, 0) is 12.0 Å². The van der Waals surface area contributed by atoms with Crippen molar-refractivity contribution < 1.29 is 9.13 Å². The molecule has 2 aromatic heterocycles. The van der Waals surface area contributed by atoms with E-state index in [1.54, 1.807) is 23.6 Å². The van der Waals surface area contributed by atoms with Crippen molar-refractivity contribution in [1.82, 2.24) is 9.97 Å². The first-order chi connectivity index (χ1) is 21.1. The molecule has 5 rings (SSSR count). The number of fused-ring (bicyclic) bond motifs is 1. The predicted molar refractivity (Wildman–Crippen MR) is 180 cm³/mol. The number of terminal acetylenes is 1. The monoisotopic (exact) mass is 669 g/mol. The van der Waals surface area contributed by atoms with Crippen LogP contribution in [0.15, 0.2) is 81.8 Å². The minimum atomic E-state index is -0.541. The quantitative estimate of drug-likeness (QED) is 0.0471. The van der Waals surface area contributed by atoms with E-state index in [1.165, 1.54) is 11.6 Å². The van der Waals surface area contributed by atoms with Gasteiger partial charge in [0.1, 0.15) is 10.8 Å². The molecule has 44 heavy (non-hydrogen) atoms. The molecule has 1 unspecified atom stereocenters. The summed E-state index contributed by atoms with van der Waals surface area (Å²) in [5, 5.41) is 7.39. The van der Waals surface area contributed by atoms with Crippen LogP contribution >= 0.6 is 27.3 Å². The Morgan fingerprint density at radius 1 is 1.11 bits per heavy atom. The SMILES string of the molecule is C#CC(C)(C)CCCCC(C)(c1cccc(Br)c1)c1csc(-c2cccc(Oc3c(F)cc4[nH]ccc4c3CN=[N+]=[N-])c2)n1. The number of H-pyrrole nitrogens is 1. The Balaban J connectivity index is 1.44. The van der Waals surface area contributed by atoms with Crippen LogP contribution in [0.5, 0.6) is 11.5 Å². The van der Waals surface area contributed by atoms with Crippen molar-refractivity contribution in [3.05, 3.63) is 110 Å². The Bertz CT molecular complexity index is 1880. The summed E-state index contributed by atoms with van der Waals surface area (Å²) < 4.78 is 22.4. The highest BCUT2D eigenvalue weighted by atomic mass is 79.9. The van der Waals surface area contributed by atoms with Gasteiger partial charge in [-0.1, -0.05) is 58.2 Å². The normalized spacial score (nSPS) is 12.8. The van der Waals surface area contributed by atoms with Gasteiger partial charge in [-0.05, 0) is 75.0 Å². The Labute approximate surface area is 269 Å². The molecule has 1 N–H and O–H groups in total. The molecule has 0 bridgehead atoms. The zero-order valence-corrected chi connectivity index (χ0v) is 27.3. The lowest BCUT2D eigenvalue weighted by molar-refractivity contribution is 0.401. The number of hydrogen-bond acceptors (Lipinski definition) is 4. The number of azide groups is 1. The fourth-order valence-electron chi connectivity index (χ4n) is 5.43. The topological polar surface area (TPSA) is 86.7 Å². The van der Waals surface area contributed by atoms with Crippen LogP contribution in [0, 0.1) is 23.6 Å². The Morgan fingerprint density at radius 2 is 1.91 bits per heavy atom. The summed E-state index contributed by atoms with van der Waals surface area (Å²) in [4.78, 5) is 11.0. The Kier molecular flexibility index (Phi) is 9.45. The second-order valence-electron chi connectivity index (χ2n) is 11.7. The van der Waals surface area contributed by atoms with Crippen molar-refractivity contribution in [1.29, 1.82) is 0 Å². The maximum atomic E-state index is 15.2. The van der Waals surface area contributed by atoms with Gasteiger partial charge >= 0.3 is 0 Å². The van der Waals surface area contributed by atoms with Crippen molar-refractivity contribution in [3.8, 4) is 34.4 Å². The lowest BCUT2D eigenvalue weighted by Gasteiger charge is -2.29. The molecule has 0 aliphatic rings. The molecular formula is C35H33BrFN5OS. The van der Waals surface area contributed by atoms with Crippen molar-refractivity contribution in [3.63, 3.8) is 0 Å². The van der Waals surface area contributed by atoms with E-state index in [9.17, 15) is 0 Å². The molecule has 1 atom stereocenters. The number of nitrogens with one attached hydrogen (secondary N) is 1. The van der Waals surface area contributed by atoms with E-state index in [1.807, 2.05) is 30.3 Å². The smallest absolute Gasteiger partial charge is 0.168 e. The molecule has 0 amide bonds. The zero-order valence-electron chi connectivity index (χ0n) is 24.9. The summed E-state index contributed by atoms with van der Waals surface area (Å²) in [6, 6.07) is 19.1. The second kappa shape index (κ2) is 13.3. The lowest BCUT2D eigenvalue weighted by atomic mass is 9.75. The third-order valence-corrected chi connectivity index (χ3v) is 9.49. The van der Waals surface area contributed by atoms with E-state index in [2.05, 4.69) is 81.2 Å². The van der Waals surface area contributed by atoms with Crippen LogP contribution in [0.3, 0.4) is 0 Å². The minimum Gasteiger partial charge on any atom is -0.454 e. The Morgan fingerprint density at radius 3 is 2.68 bits per heavy atom. The third kappa shape index (κ3) is 6.84. The van der Waals surface area contributed by atoms with Crippen LogP contribution in [0.1, 0.15) is 63.3 Å². The number of ether oxygens (including phenoxy) is 1. The van der Waals surface area contributed by atoms with E-state index < -0.39 is 5.82 Å². The van der Waals surface area contributed by atoms with Crippen molar-refractivity contribution in [2.45, 2.75) is 58.4 Å². The number of aromatic nitrogens is 2. The molecule has 0 aliphatic carbocycles. The van der Waals surface area contributed by atoms with Gasteiger partial charge in [-0.15, -0.1) is 23.7 Å². The van der Waals surface area contributed by atoms with Crippen molar-refractivity contribution in [2.75, 3.05) is 0 Å². The van der Waals surface area contributed by atoms with Crippen molar-refractivity contribution in [2.24, 2.45) is 10.5 Å². The Hall–Kier alpha value is -4.09. The number of nitrogens with zero attached hydrogens (tertiary/aromatic N) is 4. The first-order valence-electron chi connectivity index (χ1n) is 14.4. The average Bonchev–Trinajstić information content (AvgIpc) is 3.70. The highest BCUT2D eigenvalue weighted by Gasteiger charge is 2.32. The highest BCUT2D eigenvalue weighted by Crippen LogP contribution is 2.41. The highest BCUT2D eigenvalue weighted by molar-refractivity contribution is 9.10. The van der Waals surface area contributed by atoms with Gasteiger partial charge in [0.05, 0.1) is 12.2 Å². The molecule has 3 aromatic carbocycles. The van der Waals surface area contributed by atoms with Gasteiger partial charge in [-0.2, -0.15) is 0 Å². The second-order valence-corrected chi connectivity index (χ2v) is 13.5. The van der Waals surface area contributed by atoms with E-state index in [0.29, 0.717) is 16.8 Å². The first kappa shape index (κ1) is 31.3. The number of thiazole rings is 1. The average molecular weight is 671 g/mol. The van der Waals surface area contributed by atoms with Gasteiger partial charge in [0.2, 0.25) is 0 Å². The number of aromatic amines is 1. The molecule has 5 aromatic rings. The summed E-state index contributed by atoms with van der Waals surface area (Å²) in [6.07, 6.45) is 11.4. The molecule has 0 aliphatic heterocycles. The van der Waals surface area contributed by atoms with Crippen LogP contribution in [0.2, 0.25) is 0 Å². The standard InChI is InChI=1S/C35H33BrFN5OS/c1-5-34(2,3)15-6-7-16-35(4,24-11-9-12-25(36)19-24)31-22-44-33(41-31)23-10-8-13-26(18-23)43-32-28(21-40-42-38)27-14-17-39-30(27)20-29(32)37/h1,8-14,17-20,22,39H,6-7,15-16,21H2,2-4H3. The number of unbranched alkanes of at least 4 members (excludes halogenated alkanes) is 1. The molecule has 9 heteroatoms. The fraction of sp³-hybridized carbons (Fsp3) is 0.286. The van der Waals surface area contributed by atoms with Crippen LogP contribution in [0.4, 0.5) is 4.39 Å². The molecule has 0 fully saturated rings. The van der Waals surface area contributed by atoms with Gasteiger partial charge in [0.25, 0.3) is 0 Å². The molecule has 6 nitrogen and oxygen atoms in total. The van der Waals surface area contributed by atoms with Crippen molar-refractivity contribution >= 4 is 38.2 Å². The number of halogens is 2. The van der Waals surface area contributed by atoms with Gasteiger partial charge < -0.3 is 9.72 Å². The largest absolute Gasteiger partial charge is 0.454 e. The van der Waals surface area contributed by atoms with E-state index in [-0.39, 0.29) is 23.1 Å². The van der Waals surface area contributed by atoms with Gasteiger partial charge in [0, 0.05) is 59.9 Å². The van der Waals surface area contributed by atoms with Gasteiger partial charge in [-0.3, -0.25) is 0 Å². The molecule has 0 radical (unpaired) electrons. The summed E-state index contributed by atoms with van der Waals surface area (Å²) in [5.74, 6) is 2.86. The predicted octanol–water partition coefficient (Wildman–Crippen LogP) is 11.3.